The molecule has 0 spiro atoms. The Morgan fingerprint density at radius 1 is 1.50 bits per heavy atom. The van der Waals surface area contributed by atoms with Crippen LogP contribution in [-0.4, -0.2) is 14.6 Å². The van der Waals surface area contributed by atoms with Crippen LogP contribution in [0.5, 0.6) is 5.75 Å². The Hall–Kier alpha value is -0.955. The molecule has 1 aromatic carbocycles. The summed E-state index contributed by atoms with van der Waals surface area (Å²) < 4.78 is 10.6. The Morgan fingerprint density at radius 2 is 2.33 bits per heavy atom. The standard InChI is InChI=1S/C9H11BO2/c1-6-3-7-5-12-10-9(7)8(4-6)11-2/h3-4,10H,5H2,1-2H3. The molecule has 12 heavy (non-hydrogen) atoms. The van der Waals surface area contributed by atoms with Crippen molar-refractivity contribution >= 4 is 12.9 Å². The van der Waals surface area contributed by atoms with Gasteiger partial charge in [-0.15, -0.1) is 0 Å². The lowest BCUT2D eigenvalue weighted by Gasteiger charge is -2.06. The lowest BCUT2D eigenvalue weighted by molar-refractivity contribution is 0.345. The molecule has 3 heteroatoms. The van der Waals surface area contributed by atoms with Crippen molar-refractivity contribution in [3.63, 3.8) is 0 Å². The van der Waals surface area contributed by atoms with Gasteiger partial charge in [0, 0.05) is 0 Å². The van der Waals surface area contributed by atoms with Crippen LogP contribution < -0.4 is 10.2 Å². The van der Waals surface area contributed by atoms with E-state index in [4.69, 9.17) is 9.39 Å². The van der Waals surface area contributed by atoms with Crippen molar-refractivity contribution in [3.8, 4) is 5.75 Å². The number of hydrogen-bond acceptors (Lipinski definition) is 2. The highest BCUT2D eigenvalue weighted by Gasteiger charge is 2.17. The number of benzene rings is 1. The molecule has 0 fully saturated rings. The van der Waals surface area contributed by atoms with Gasteiger partial charge in [-0.05, 0) is 29.6 Å². The van der Waals surface area contributed by atoms with Crippen LogP contribution in [0, 0.1) is 6.92 Å². The molecule has 0 radical (unpaired) electrons. The summed E-state index contributed by atoms with van der Waals surface area (Å²) in [6.07, 6.45) is 0. The highest BCUT2D eigenvalue weighted by molar-refractivity contribution is 6.50. The fourth-order valence-electron chi connectivity index (χ4n) is 1.59. The van der Waals surface area contributed by atoms with Gasteiger partial charge in [0.05, 0.1) is 13.7 Å². The lowest BCUT2D eigenvalue weighted by Crippen LogP contribution is -2.15. The monoisotopic (exact) mass is 162 g/mol. The summed E-state index contributed by atoms with van der Waals surface area (Å²) in [5.41, 5.74) is 3.71. The molecular formula is C9H11BO2. The van der Waals surface area contributed by atoms with Crippen molar-refractivity contribution in [2.45, 2.75) is 13.5 Å². The molecule has 0 atom stereocenters. The highest BCUT2D eigenvalue weighted by atomic mass is 16.5. The summed E-state index contributed by atoms with van der Waals surface area (Å²) in [6.45, 7) is 2.80. The van der Waals surface area contributed by atoms with E-state index < -0.39 is 0 Å². The zero-order chi connectivity index (χ0) is 8.55. The van der Waals surface area contributed by atoms with Gasteiger partial charge in [-0.2, -0.15) is 0 Å². The molecule has 0 saturated heterocycles. The molecule has 0 bridgehead atoms. The van der Waals surface area contributed by atoms with Crippen LogP contribution in [0.3, 0.4) is 0 Å². The van der Waals surface area contributed by atoms with Gasteiger partial charge in [0.15, 0.2) is 0 Å². The number of rotatable bonds is 1. The van der Waals surface area contributed by atoms with Crippen molar-refractivity contribution in [2.75, 3.05) is 7.11 Å². The molecule has 62 valence electrons. The highest BCUT2D eigenvalue weighted by Crippen LogP contribution is 2.17. The smallest absolute Gasteiger partial charge is 0.313 e. The van der Waals surface area contributed by atoms with Gasteiger partial charge >= 0.3 is 7.48 Å². The zero-order valence-electron chi connectivity index (χ0n) is 7.39. The Balaban J connectivity index is 2.55. The Kier molecular flexibility index (Phi) is 1.81. The summed E-state index contributed by atoms with van der Waals surface area (Å²) in [6, 6.07) is 4.21. The number of ether oxygens (including phenoxy) is 1. The van der Waals surface area contributed by atoms with Gasteiger partial charge in [-0.1, -0.05) is 6.07 Å². The molecule has 0 N–H and O–H groups in total. The second-order valence-electron chi connectivity index (χ2n) is 3.10. The lowest BCUT2D eigenvalue weighted by atomic mass is 9.85. The van der Waals surface area contributed by atoms with Crippen LogP contribution in [0.1, 0.15) is 11.1 Å². The summed E-state index contributed by atoms with van der Waals surface area (Å²) in [7, 11) is 2.40. The minimum absolute atomic E-state index is 0.693. The molecule has 1 heterocycles. The predicted molar refractivity (Wildman–Crippen MR) is 49.3 cm³/mol. The van der Waals surface area contributed by atoms with E-state index in [0.29, 0.717) is 7.48 Å². The van der Waals surface area contributed by atoms with Crippen LogP contribution in [-0.2, 0) is 11.3 Å². The first kappa shape index (κ1) is 7.68. The average molecular weight is 162 g/mol. The van der Waals surface area contributed by atoms with Crippen molar-refractivity contribution in [2.24, 2.45) is 0 Å². The van der Waals surface area contributed by atoms with E-state index in [1.54, 1.807) is 7.11 Å². The fourth-order valence-corrected chi connectivity index (χ4v) is 1.59. The minimum atomic E-state index is 0.693. The third-order valence-corrected chi connectivity index (χ3v) is 2.17. The van der Waals surface area contributed by atoms with E-state index in [9.17, 15) is 0 Å². The molecule has 2 nitrogen and oxygen atoms in total. The molecule has 2 rings (SSSR count). The van der Waals surface area contributed by atoms with E-state index >= 15 is 0 Å². The van der Waals surface area contributed by atoms with Crippen LogP contribution in [0.15, 0.2) is 12.1 Å². The Morgan fingerprint density at radius 3 is 3.08 bits per heavy atom. The molecule has 0 saturated carbocycles. The first-order valence-corrected chi connectivity index (χ1v) is 4.05. The summed E-state index contributed by atoms with van der Waals surface area (Å²) in [5.74, 6) is 0.961. The van der Waals surface area contributed by atoms with Crippen molar-refractivity contribution in [1.82, 2.24) is 0 Å². The largest absolute Gasteiger partial charge is 0.497 e. The quantitative estimate of drug-likeness (QED) is 0.560. The summed E-state index contributed by atoms with van der Waals surface area (Å²) in [4.78, 5) is 0. The number of aryl methyl sites for hydroxylation is 1. The fraction of sp³-hybridized carbons (Fsp3) is 0.333. The molecule has 0 amide bonds. The van der Waals surface area contributed by atoms with Gasteiger partial charge in [-0.3, -0.25) is 0 Å². The second-order valence-corrected chi connectivity index (χ2v) is 3.10. The maximum Gasteiger partial charge on any atom is 0.313 e. The number of methoxy groups -OCH3 is 1. The number of fused-ring (bicyclic) bond motifs is 1. The van der Waals surface area contributed by atoms with Crippen molar-refractivity contribution < 1.29 is 9.39 Å². The van der Waals surface area contributed by atoms with Gasteiger partial charge in [0.2, 0.25) is 0 Å². The zero-order valence-corrected chi connectivity index (χ0v) is 7.39. The van der Waals surface area contributed by atoms with E-state index in [2.05, 4.69) is 13.0 Å². The Labute approximate surface area is 72.8 Å². The van der Waals surface area contributed by atoms with E-state index in [1.165, 1.54) is 16.6 Å². The molecule has 1 aromatic rings. The van der Waals surface area contributed by atoms with Crippen LogP contribution in [0.25, 0.3) is 0 Å². The van der Waals surface area contributed by atoms with Gasteiger partial charge in [0.25, 0.3) is 0 Å². The second kappa shape index (κ2) is 2.83. The molecule has 1 aliphatic rings. The Bertz CT molecular complexity index is 310. The molecular weight excluding hydrogens is 151 g/mol. The number of hydrogen-bond donors (Lipinski definition) is 0. The van der Waals surface area contributed by atoms with Crippen LogP contribution in [0.2, 0.25) is 0 Å². The molecule has 0 aromatic heterocycles. The first-order valence-electron chi connectivity index (χ1n) is 4.05. The van der Waals surface area contributed by atoms with Crippen molar-refractivity contribution in [1.29, 1.82) is 0 Å². The molecule has 1 aliphatic heterocycles. The topological polar surface area (TPSA) is 18.5 Å². The van der Waals surface area contributed by atoms with E-state index in [0.717, 1.165) is 12.4 Å². The van der Waals surface area contributed by atoms with E-state index in [1.807, 2.05) is 6.07 Å². The molecule has 0 aliphatic carbocycles. The average Bonchev–Trinajstić information content (AvgIpc) is 2.50. The van der Waals surface area contributed by atoms with Gasteiger partial charge < -0.3 is 9.39 Å². The first-order chi connectivity index (χ1) is 5.81. The van der Waals surface area contributed by atoms with E-state index in [-0.39, 0.29) is 0 Å². The van der Waals surface area contributed by atoms with Crippen LogP contribution in [0.4, 0.5) is 0 Å². The minimum Gasteiger partial charge on any atom is -0.497 e. The van der Waals surface area contributed by atoms with Gasteiger partial charge in [-0.25, -0.2) is 0 Å². The maximum atomic E-state index is 5.33. The summed E-state index contributed by atoms with van der Waals surface area (Å²) in [5, 5.41) is 0. The third kappa shape index (κ3) is 1.10. The molecule has 0 unspecified atom stereocenters. The SMILES string of the molecule is COc1cc(C)cc2c1BOC2. The van der Waals surface area contributed by atoms with Gasteiger partial charge in [0.1, 0.15) is 5.75 Å². The predicted octanol–water partition coefficient (Wildman–Crippen LogP) is 0.511. The van der Waals surface area contributed by atoms with Crippen LogP contribution >= 0.6 is 0 Å². The normalized spacial score (nSPS) is 13.8. The third-order valence-electron chi connectivity index (χ3n) is 2.17. The summed E-state index contributed by atoms with van der Waals surface area (Å²) >= 11 is 0. The maximum absolute atomic E-state index is 5.33. The van der Waals surface area contributed by atoms with Crippen molar-refractivity contribution in [3.05, 3.63) is 23.3 Å².